The molecular weight excluding hydrogens is 234 g/mol. The molecule has 0 aromatic carbocycles. The van der Waals surface area contributed by atoms with Crippen LogP contribution >= 0.6 is 11.6 Å². The van der Waals surface area contributed by atoms with E-state index < -0.39 is 0 Å². The average Bonchev–Trinajstić information content (AvgIpc) is 2.74. The molecule has 0 bridgehead atoms. The largest absolute Gasteiger partial charge is 0.356 e. The van der Waals surface area contributed by atoms with Gasteiger partial charge in [0.05, 0.1) is 0 Å². The minimum atomic E-state index is 0.243. The van der Waals surface area contributed by atoms with Gasteiger partial charge in [0, 0.05) is 18.3 Å². The monoisotopic (exact) mass is 257 g/mol. The number of hydrogen-bond donors (Lipinski definition) is 1. The van der Waals surface area contributed by atoms with Crippen LogP contribution < -0.4 is 5.32 Å². The molecule has 0 spiro atoms. The molecule has 98 valence electrons. The molecule has 0 aliphatic heterocycles. The van der Waals surface area contributed by atoms with Gasteiger partial charge in [-0.05, 0) is 37.5 Å². The number of halogens is 1. The second kappa shape index (κ2) is 6.63. The Morgan fingerprint density at radius 2 is 1.82 bits per heavy atom. The maximum Gasteiger partial charge on any atom is 0.220 e. The Morgan fingerprint density at radius 1 is 1.06 bits per heavy atom. The molecule has 2 nitrogen and oxygen atoms in total. The summed E-state index contributed by atoms with van der Waals surface area (Å²) in [7, 11) is 0. The Kier molecular flexibility index (Phi) is 5.15. The van der Waals surface area contributed by atoms with Crippen LogP contribution in [0.1, 0.15) is 57.8 Å². The van der Waals surface area contributed by atoms with Crippen LogP contribution in [-0.2, 0) is 4.79 Å². The Hall–Kier alpha value is -0.240. The average molecular weight is 258 g/mol. The van der Waals surface area contributed by atoms with Crippen LogP contribution in [0.3, 0.4) is 0 Å². The molecule has 17 heavy (non-hydrogen) atoms. The molecule has 2 saturated carbocycles. The zero-order valence-corrected chi connectivity index (χ0v) is 11.3. The minimum Gasteiger partial charge on any atom is -0.356 e. The first kappa shape index (κ1) is 13.2. The van der Waals surface area contributed by atoms with Crippen LogP contribution in [0.15, 0.2) is 0 Å². The zero-order valence-electron chi connectivity index (χ0n) is 10.6. The number of hydrogen-bond acceptors (Lipinski definition) is 1. The minimum absolute atomic E-state index is 0.243. The first-order valence-electron chi connectivity index (χ1n) is 7.16. The second-order valence-electron chi connectivity index (χ2n) is 5.72. The Balaban J connectivity index is 1.63. The number of alkyl halides is 1. The van der Waals surface area contributed by atoms with E-state index in [1.54, 1.807) is 0 Å². The predicted octanol–water partition coefficient (Wildman–Crippen LogP) is 3.48. The summed E-state index contributed by atoms with van der Waals surface area (Å²) in [6, 6.07) is 0. The third-order valence-electron chi connectivity index (χ3n) is 4.33. The van der Waals surface area contributed by atoms with Crippen molar-refractivity contribution < 1.29 is 4.79 Å². The highest BCUT2D eigenvalue weighted by Crippen LogP contribution is 2.30. The van der Waals surface area contributed by atoms with Gasteiger partial charge in [0.1, 0.15) is 0 Å². The van der Waals surface area contributed by atoms with Crippen molar-refractivity contribution in [1.82, 2.24) is 5.32 Å². The van der Waals surface area contributed by atoms with Gasteiger partial charge >= 0.3 is 0 Å². The third-order valence-corrected chi connectivity index (χ3v) is 4.90. The zero-order chi connectivity index (χ0) is 12.1. The Morgan fingerprint density at radius 3 is 2.47 bits per heavy atom. The quantitative estimate of drug-likeness (QED) is 0.768. The summed E-state index contributed by atoms with van der Waals surface area (Å²) in [6.45, 7) is 0.791. The van der Waals surface area contributed by atoms with Crippen molar-refractivity contribution in [2.24, 2.45) is 11.8 Å². The summed E-state index contributed by atoms with van der Waals surface area (Å²) in [5, 5.41) is 3.36. The molecule has 2 rings (SSSR count). The van der Waals surface area contributed by atoms with Gasteiger partial charge in [-0.25, -0.2) is 0 Å². The van der Waals surface area contributed by atoms with E-state index in [9.17, 15) is 4.79 Å². The first-order valence-corrected chi connectivity index (χ1v) is 7.60. The highest BCUT2D eigenvalue weighted by Gasteiger charge is 2.25. The fraction of sp³-hybridized carbons (Fsp3) is 0.929. The summed E-state index contributed by atoms with van der Waals surface area (Å²) in [4.78, 5) is 11.8. The van der Waals surface area contributed by atoms with Gasteiger partial charge in [0.2, 0.25) is 5.91 Å². The van der Waals surface area contributed by atoms with E-state index in [0.717, 1.165) is 19.4 Å². The maximum atomic E-state index is 11.8. The molecule has 1 amide bonds. The predicted molar refractivity (Wildman–Crippen MR) is 71.2 cm³/mol. The summed E-state index contributed by atoms with van der Waals surface area (Å²) in [5.74, 6) is 1.39. The summed E-state index contributed by atoms with van der Waals surface area (Å²) < 4.78 is 0. The van der Waals surface area contributed by atoms with Crippen molar-refractivity contribution in [2.45, 2.75) is 63.2 Å². The number of amides is 1. The fourth-order valence-corrected chi connectivity index (χ4v) is 3.56. The van der Waals surface area contributed by atoms with Gasteiger partial charge in [-0.1, -0.05) is 25.7 Å². The molecule has 2 unspecified atom stereocenters. The lowest BCUT2D eigenvalue weighted by atomic mass is 9.87. The SMILES string of the molecule is O=C(CC1CCCCC1)NCC1CCCC1Cl. The molecule has 0 aromatic rings. The van der Waals surface area contributed by atoms with E-state index >= 15 is 0 Å². The maximum absolute atomic E-state index is 11.8. The van der Waals surface area contributed by atoms with Crippen LogP contribution in [0.25, 0.3) is 0 Å². The van der Waals surface area contributed by atoms with E-state index in [0.29, 0.717) is 11.8 Å². The lowest BCUT2D eigenvalue weighted by Gasteiger charge is -2.21. The van der Waals surface area contributed by atoms with Gasteiger partial charge in [0.15, 0.2) is 0 Å². The molecule has 0 aromatic heterocycles. The topological polar surface area (TPSA) is 29.1 Å². The van der Waals surface area contributed by atoms with Crippen LogP contribution in [0.5, 0.6) is 0 Å². The second-order valence-corrected chi connectivity index (χ2v) is 6.28. The molecule has 2 aliphatic rings. The molecule has 0 saturated heterocycles. The van der Waals surface area contributed by atoms with E-state index in [2.05, 4.69) is 5.32 Å². The Bertz CT molecular complexity index is 251. The number of nitrogens with one attached hydrogen (secondary N) is 1. The molecule has 2 atom stereocenters. The van der Waals surface area contributed by atoms with Gasteiger partial charge in [-0.3, -0.25) is 4.79 Å². The van der Waals surface area contributed by atoms with Gasteiger partial charge in [-0.2, -0.15) is 0 Å². The van der Waals surface area contributed by atoms with Crippen LogP contribution in [0.4, 0.5) is 0 Å². The molecular formula is C14H24ClNO. The molecule has 2 aliphatic carbocycles. The standard InChI is InChI=1S/C14H24ClNO/c15-13-8-4-7-12(13)10-16-14(17)9-11-5-2-1-3-6-11/h11-13H,1-10H2,(H,16,17). The van der Waals surface area contributed by atoms with Crippen LogP contribution in [-0.4, -0.2) is 17.8 Å². The van der Waals surface area contributed by atoms with Crippen molar-refractivity contribution in [3.05, 3.63) is 0 Å². The van der Waals surface area contributed by atoms with Crippen molar-refractivity contribution >= 4 is 17.5 Å². The van der Waals surface area contributed by atoms with Gasteiger partial charge in [0.25, 0.3) is 0 Å². The van der Waals surface area contributed by atoms with Gasteiger partial charge < -0.3 is 5.32 Å². The molecule has 3 heteroatoms. The van der Waals surface area contributed by atoms with E-state index in [-0.39, 0.29) is 11.3 Å². The van der Waals surface area contributed by atoms with E-state index in [1.165, 1.54) is 44.9 Å². The summed E-state index contributed by atoms with van der Waals surface area (Å²) in [6.07, 6.45) is 10.7. The molecule has 2 fully saturated rings. The van der Waals surface area contributed by atoms with Crippen molar-refractivity contribution in [3.63, 3.8) is 0 Å². The molecule has 0 heterocycles. The lowest BCUT2D eigenvalue weighted by molar-refractivity contribution is -0.122. The highest BCUT2D eigenvalue weighted by molar-refractivity contribution is 6.20. The number of carbonyl (C=O) groups excluding carboxylic acids is 1. The first-order chi connectivity index (χ1) is 8.25. The van der Waals surface area contributed by atoms with E-state index in [4.69, 9.17) is 11.6 Å². The van der Waals surface area contributed by atoms with Crippen molar-refractivity contribution in [2.75, 3.05) is 6.54 Å². The summed E-state index contributed by atoms with van der Waals surface area (Å²) in [5.41, 5.74) is 0. The molecule has 1 N–H and O–H groups in total. The number of carbonyl (C=O) groups is 1. The third kappa shape index (κ3) is 4.17. The van der Waals surface area contributed by atoms with Crippen LogP contribution in [0, 0.1) is 11.8 Å². The Labute approximate surface area is 109 Å². The van der Waals surface area contributed by atoms with E-state index in [1.807, 2.05) is 0 Å². The molecule has 0 radical (unpaired) electrons. The van der Waals surface area contributed by atoms with Gasteiger partial charge in [-0.15, -0.1) is 11.6 Å². The number of rotatable bonds is 4. The normalized spacial score (nSPS) is 30.4. The van der Waals surface area contributed by atoms with Crippen molar-refractivity contribution in [1.29, 1.82) is 0 Å². The van der Waals surface area contributed by atoms with Crippen LogP contribution in [0.2, 0.25) is 0 Å². The summed E-state index contributed by atoms with van der Waals surface area (Å²) >= 11 is 6.20. The van der Waals surface area contributed by atoms with Crippen molar-refractivity contribution in [3.8, 4) is 0 Å². The fourth-order valence-electron chi connectivity index (χ4n) is 3.19. The lowest BCUT2D eigenvalue weighted by Crippen LogP contribution is -2.32. The smallest absolute Gasteiger partial charge is 0.220 e. The highest BCUT2D eigenvalue weighted by atomic mass is 35.5.